The molecule has 0 amide bonds. The SMILES string of the molecule is C=CC(F)=Cc1c(C/C=C2/CNCC(C)N2N=C)nc(-c2ccc3c(c2)nc(C)n3C)c2c1C(F)CS2.C=CCO. The van der Waals surface area contributed by atoms with Crippen molar-refractivity contribution in [1.82, 2.24) is 24.9 Å². The Labute approximate surface area is 244 Å². The van der Waals surface area contributed by atoms with Crippen molar-refractivity contribution in [3.05, 3.63) is 83.8 Å². The van der Waals surface area contributed by atoms with Crippen LogP contribution in [0.4, 0.5) is 8.78 Å². The molecular formula is C31H36F2N6OS. The minimum Gasteiger partial charge on any atom is -0.392 e. The van der Waals surface area contributed by atoms with Gasteiger partial charge in [0.2, 0.25) is 0 Å². The Morgan fingerprint density at radius 3 is 2.76 bits per heavy atom. The van der Waals surface area contributed by atoms with E-state index in [1.165, 1.54) is 23.9 Å². The van der Waals surface area contributed by atoms with E-state index in [1.54, 1.807) is 0 Å². The molecule has 2 aliphatic heterocycles. The lowest BCUT2D eigenvalue weighted by Gasteiger charge is -2.33. The first-order valence-corrected chi connectivity index (χ1v) is 14.4. The summed E-state index contributed by atoms with van der Waals surface area (Å²) in [6.07, 6.45) is 5.09. The maximum Gasteiger partial charge on any atom is 0.136 e. The van der Waals surface area contributed by atoms with Crippen LogP contribution in [-0.4, -0.2) is 62.9 Å². The first-order valence-electron chi connectivity index (χ1n) is 13.4. The number of nitrogens with zero attached hydrogens (tertiary/aromatic N) is 5. The summed E-state index contributed by atoms with van der Waals surface area (Å²) < 4.78 is 31.9. The normalized spacial score (nSPS) is 19.6. The zero-order valence-electron chi connectivity index (χ0n) is 23.7. The fourth-order valence-corrected chi connectivity index (χ4v) is 6.17. The second kappa shape index (κ2) is 13.4. The van der Waals surface area contributed by atoms with Crippen LogP contribution in [0.2, 0.25) is 0 Å². The summed E-state index contributed by atoms with van der Waals surface area (Å²) in [5, 5.41) is 17.2. The molecule has 2 atom stereocenters. The quantitative estimate of drug-likeness (QED) is 0.202. The number of aromatic nitrogens is 3. The van der Waals surface area contributed by atoms with E-state index in [9.17, 15) is 4.39 Å². The van der Waals surface area contributed by atoms with Crippen molar-refractivity contribution in [3.8, 4) is 11.3 Å². The molecule has 4 heterocycles. The Morgan fingerprint density at radius 1 is 1.32 bits per heavy atom. The lowest BCUT2D eigenvalue weighted by atomic mass is 9.96. The van der Waals surface area contributed by atoms with Gasteiger partial charge in [0.25, 0.3) is 0 Å². The zero-order chi connectivity index (χ0) is 29.7. The molecule has 7 nitrogen and oxygen atoms in total. The third-order valence-electron chi connectivity index (χ3n) is 7.12. The van der Waals surface area contributed by atoms with Gasteiger partial charge in [-0.25, -0.2) is 13.8 Å². The number of hydrazone groups is 1. The molecule has 2 aromatic heterocycles. The molecule has 1 aromatic carbocycles. The van der Waals surface area contributed by atoms with Gasteiger partial charge in [-0.2, -0.15) is 5.10 Å². The molecule has 1 fully saturated rings. The monoisotopic (exact) mass is 578 g/mol. The topological polar surface area (TPSA) is 78.6 Å². The fraction of sp³-hybridized carbons (Fsp3) is 0.323. The molecule has 0 aliphatic carbocycles. The number of thioether (sulfide) groups is 1. The fourth-order valence-electron chi connectivity index (χ4n) is 4.99. The number of aliphatic hydroxyl groups excluding tert-OH is 1. The standard InChI is InChI=1S/C28H30F2N6S.C3H6O/c1-6-19(29)12-21-23(9-8-20-14-32-13-16(2)36(20)31-4)34-27(28-26(21)22(30)15-37-28)18-7-10-25-24(11-18)33-17(3)35(25)5;1-2-3-4/h6-8,10-12,16,22,32H,1,4,9,13-15H2,2-3,5H3;2,4H,1,3H2/b19-12?,20-8-;. The summed E-state index contributed by atoms with van der Waals surface area (Å²) >= 11 is 1.42. The van der Waals surface area contributed by atoms with Crippen LogP contribution in [-0.2, 0) is 13.5 Å². The van der Waals surface area contributed by atoms with Crippen molar-refractivity contribution < 1.29 is 13.9 Å². The average molecular weight is 579 g/mol. The molecule has 0 radical (unpaired) electrons. The van der Waals surface area contributed by atoms with Gasteiger partial charge in [0.15, 0.2) is 0 Å². The van der Waals surface area contributed by atoms with Crippen molar-refractivity contribution in [3.63, 3.8) is 0 Å². The highest BCUT2D eigenvalue weighted by atomic mass is 32.2. The summed E-state index contributed by atoms with van der Waals surface area (Å²) in [4.78, 5) is 10.4. The van der Waals surface area contributed by atoms with Gasteiger partial charge in [-0.1, -0.05) is 24.8 Å². The van der Waals surface area contributed by atoms with E-state index in [4.69, 9.17) is 10.1 Å². The number of halogens is 2. The number of piperazine rings is 1. The third-order valence-corrected chi connectivity index (χ3v) is 8.28. The molecule has 0 saturated carbocycles. The molecule has 2 aliphatic rings. The summed E-state index contributed by atoms with van der Waals surface area (Å²) in [7, 11) is 1.98. The van der Waals surface area contributed by atoms with Crippen LogP contribution in [0.5, 0.6) is 0 Å². The van der Waals surface area contributed by atoms with E-state index < -0.39 is 12.0 Å². The number of pyridine rings is 1. The van der Waals surface area contributed by atoms with Gasteiger partial charge in [0.05, 0.1) is 35.1 Å². The number of aliphatic hydroxyl groups is 1. The Kier molecular flexibility index (Phi) is 9.90. The molecule has 5 rings (SSSR count). The molecule has 216 valence electrons. The average Bonchev–Trinajstić information content (AvgIpc) is 3.50. The van der Waals surface area contributed by atoms with Crippen LogP contribution in [0, 0.1) is 6.92 Å². The first-order chi connectivity index (χ1) is 19.7. The van der Waals surface area contributed by atoms with Gasteiger partial charge in [-0.05, 0) is 38.1 Å². The predicted molar refractivity (Wildman–Crippen MR) is 165 cm³/mol. The number of nitrogens with one attached hydrogen (secondary N) is 1. The molecular weight excluding hydrogens is 542 g/mol. The van der Waals surface area contributed by atoms with Crippen molar-refractivity contribution in [2.45, 2.75) is 37.4 Å². The lowest BCUT2D eigenvalue weighted by molar-refractivity contribution is 0.236. The number of rotatable bonds is 7. The number of imidazole rings is 1. The molecule has 1 saturated heterocycles. The summed E-state index contributed by atoms with van der Waals surface area (Å²) in [5.74, 6) is 0.653. The van der Waals surface area contributed by atoms with Crippen LogP contribution >= 0.6 is 11.8 Å². The van der Waals surface area contributed by atoms with Gasteiger partial charge >= 0.3 is 0 Å². The highest BCUT2D eigenvalue weighted by Crippen LogP contribution is 2.48. The summed E-state index contributed by atoms with van der Waals surface area (Å²) in [6, 6.07) is 6.16. The van der Waals surface area contributed by atoms with Gasteiger partial charge in [-0.15, -0.1) is 18.3 Å². The molecule has 10 heteroatoms. The second-order valence-electron chi connectivity index (χ2n) is 9.83. The largest absolute Gasteiger partial charge is 0.392 e. The van der Waals surface area contributed by atoms with Crippen molar-refractivity contribution >= 4 is 35.6 Å². The molecule has 0 bridgehead atoms. The number of alkyl halides is 1. The molecule has 3 aromatic rings. The van der Waals surface area contributed by atoms with E-state index in [2.05, 4.69) is 42.2 Å². The number of hydrogen-bond donors (Lipinski definition) is 2. The smallest absolute Gasteiger partial charge is 0.136 e. The van der Waals surface area contributed by atoms with Crippen LogP contribution < -0.4 is 5.32 Å². The van der Waals surface area contributed by atoms with Gasteiger partial charge in [0.1, 0.15) is 17.8 Å². The minimum atomic E-state index is -1.22. The maximum absolute atomic E-state index is 15.4. The Balaban J connectivity index is 0.000000909. The van der Waals surface area contributed by atoms with Crippen LogP contribution in [0.3, 0.4) is 0 Å². The highest BCUT2D eigenvalue weighted by Gasteiger charge is 2.32. The Hall–Kier alpha value is -3.60. The first kappa shape index (κ1) is 30.4. The van der Waals surface area contributed by atoms with Crippen LogP contribution in [0.15, 0.2) is 71.1 Å². The number of hydrogen-bond acceptors (Lipinski definition) is 7. The zero-order valence-corrected chi connectivity index (χ0v) is 24.5. The Bertz CT molecular complexity index is 1530. The molecule has 2 unspecified atom stereocenters. The molecule has 2 N–H and O–H groups in total. The van der Waals surface area contributed by atoms with E-state index in [-0.39, 0.29) is 18.4 Å². The van der Waals surface area contributed by atoms with Gasteiger partial charge in [0, 0.05) is 66.3 Å². The van der Waals surface area contributed by atoms with Crippen molar-refractivity contribution in [2.24, 2.45) is 12.1 Å². The highest BCUT2D eigenvalue weighted by molar-refractivity contribution is 7.99. The summed E-state index contributed by atoms with van der Waals surface area (Å²) in [5.41, 5.74) is 5.96. The number of benzene rings is 1. The van der Waals surface area contributed by atoms with E-state index >= 15 is 4.39 Å². The molecule has 41 heavy (non-hydrogen) atoms. The van der Waals surface area contributed by atoms with Crippen molar-refractivity contribution in [1.29, 1.82) is 0 Å². The van der Waals surface area contributed by atoms with Gasteiger partial charge < -0.3 is 15.0 Å². The molecule has 0 spiro atoms. The predicted octanol–water partition coefficient (Wildman–Crippen LogP) is 6.06. The second-order valence-corrected chi connectivity index (χ2v) is 10.9. The van der Waals surface area contributed by atoms with E-state index in [1.807, 2.05) is 47.8 Å². The number of allylic oxidation sites excluding steroid dienone is 3. The van der Waals surface area contributed by atoms with Crippen molar-refractivity contribution in [2.75, 3.05) is 25.4 Å². The number of aryl methyl sites for hydroxylation is 2. The van der Waals surface area contributed by atoms with E-state index in [0.29, 0.717) is 35.5 Å². The van der Waals surface area contributed by atoms with Gasteiger partial charge in [-0.3, -0.25) is 9.99 Å². The lowest BCUT2D eigenvalue weighted by Crippen LogP contribution is -2.45. The third kappa shape index (κ3) is 6.34. The van der Waals surface area contributed by atoms with E-state index in [0.717, 1.165) is 45.6 Å². The maximum atomic E-state index is 15.4. The van der Waals surface area contributed by atoms with Crippen LogP contribution in [0.25, 0.3) is 28.4 Å². The summed E-state index contributed by atoms with van der Waals surface area (Å²) in [6.45, 7) is 16.0. The Morgan fingerprint density at radius 2 is 2.07 bits per heavy atom. The van der Waals surface area contributed by atoms with Crippen LogP contribution in [0.1, 0.15) is 35.7 Å². The number of fused-ring (bicyclic) bond motifs is 2. The minimum absolute atomic E-state index is 0.0833.